The Balaban J connectivity index is 3.99. The molecule has 0 N–H and O–H groups in total. The Kier molecular flexibility index (Phi) is 8.33. The van der Waals surface area contributed by atoms with Crippen molar-refractivity contribution in [2.45, 2.75) is 50.5 Å². The Morgan fingerprint density at radius 1 is 1.07 bits per heavy atom. The molecule has 1 atom stereocenters. The third-order valence-electron chi connectivity index (χ3n) is 3.00. The maximum Gasteiger partial charge on any atom is 0.165 e. The van der Waals surface area contributed by atoms with Crippen molar-refractivity contribution in [1.82, 2.24) is 0 Å². The molecule has 15 heavy (non-hydrogen) atoms. The summed E-state index contributed by atoms with van der Waals surface area (Å²) in [5, 5.41) is 0. The molecule has 0 amide bonds. The van der Waals surface area contributed by atoms with E-state index in [9.17, 15) is 0 Å². The number of unbranched alkanes of at least 4 members (excludes halogenated alkanes) is 3. The highest BCUT2D eigenvalue weighted by molar-refractivity contribution is 6.13. The minimum Gasteiger partial charge on any atom is -0.376 e. The molecule has 0 radical (unpaired) electrons. The Hall–Kier alpha value is 0.0969. The van der Waals surface area contributed by atoms with Crippen molar-refractivity contribution in [2.75, 3.05) is 21.3 Å². The number of methoxy groups -OCH3 is 3. The average molecular weight is 234 g/mol. The highest BCUT2D eigenvalue weighted by Gasteiger charge is 2.33. The summed E-state index contributed by atoms with van der Waals surface area (Å²) in [6.45, 7) is 2.22. The molecular formula is C11H26O3Si. The Morgan fingerprint density at radius 3 is 2.07 bits per heavy atom. The molecule has 0 aliphatic carbocycles. The van der Waals surface area contributed by atoms with Crippen molar-refractivity contribution in [1.29, 1.82) is 0 Å². The highest BCUT2D eigenvalue weighted by atomic mass is 28.1. The molecule has 0 unspecified atom stereocenters. The van der Waals surface area contributed by atoms with Crippen LogP contribution in [0.2, 0.25) is 0 Å². The third-order valence-corrected chi connectivity index (χ3v) is 4.46. The van der Waals surface area contributed by atoms with Crippen LogP contribution in [0, 0.1) is 0 Å². The van der Waals surface area contributed by atoms with Crippen molar-refractivity contribution in [2.24, 2.45) is 0 Å². The predicted octanol–water partition coefficient (Wildman–Crippen LogP) is 1.28. The van der Waals surface area contributed by atoms with Gasteiger partial charge >= 0.3 is 0 Å². The summed E-state index contributed by atoms with van der Waals surface area (Å²) >= 11 is 0. The molecule has 0 aromatic carbocycles. The van der Waals surface area contributed by atoms with E-state index in [1.54, 1.807) is 21.3 Å². The molecule has 0 aromatic rings. The first kappa shape index (κ1) is 15.1. The van der Waals surface area contributed by atoms with Gasteiger partial charge in [0.1, 0.15) is 6.10 Å². The molecule has 0 aromatic heterocycles. The number of ether oxygens (including phenoxy) is 3. The van der Waals surface area contributed by atoms with Crippen molar-refractivity contribution in [3.8, 4) is 0 Å². The first-order valence-electron chi connectivity index (χ1n) is 5.77. The molecule has 0 rings (SSSR count). The van der Waals surface area contributed by atoms with Crippen molar-refractivity contribution < 1.29 is 14.2 Å². The molecule has 4 heteroatoms. The first-order valence-corrected chi connectivity index (χ1v) is 6.77. The van der Waals surface area contributed by atoms with Gasteiger partial charge in [-0.1, -0.05) is 32.6 Å². The van der Waals surface area contributed by atoms with Gasteiger partial charge in [-0.05, 0) is 6.42 Å². The molecule has 92 valence electrons. The van der Waals surface area contributed by atoms with E-state index >= 15 is 0 Å². The monoisotopic (exact) mass is 234 g/mol. The minimum atomic E-state index is -0.485. The maximum atomic E-state index is 5.46. The normalized spacial score (nSPS) is 14.4. The van der Waals surface area contributed by atoms with Crippen LogP contribution in [0.4, 0.5) is 0 Å². The van der Waals surface area contributed by atoms with Crippen molar-refractivity contribution in [3.63, 3.8) is 0 Å². The van der Waals surface area contributed by atoms with Gasteiger partial charge in [0.15, 0.2) is 5.41 Å². The summed E-state index contributed by atoms with van der Waals surface area (Å²) in [7, 11) is 5.92. The van der Waals surface area contributed by atoms with E-state index in [-0.39, 0.29) is 6.10 Å². The Morgan fingerprint density at radius 2 is 1.67 bits per heavy atom. The van der Waals surface area contributed by atoms with Crippen LogP contribution in [-0.4, -0.2) is 43.1 Å². The molecule has 3 nitrogen and oxygen atoms in total. The molecule has 0 aliphatic heterocycles. The molecule has 0 aliphatic rings. The highest BCUT2D eigenvalue weighted by Crippen LogP contribution is 2.20. The van der Waals surface area contributed by atoms with Crippen LogP contribution in [0.5, 0.6) is 0 Å². The van der Waals surface area contributed by atoms with E-state index in [0.29, 0.717) is 0 Å². The van der Waals surface area contributed by atoms with E-state index in [4.69, 9.17) is 14.2 Å². The van der Waals surface area contributed by atoms with Crippen LogP contribution in [-0.2, 0) is 14.2 Å². The number of rotatable bonds is 9. The molecule has 0 fully saturated rings. The largest absolute Gasteiger partial charge is 0.376 e. The lowest BCUT2D eigenvalue weighted by molar-refractivity contribution is -0.209. The van der Waals surface area contributed by atoms with Gasteiger partial charge in [-0.3, -0.25) is 0 Å². The lowest BCUT2D eigenvalue weighted by atomic mass is 10.1. The second-order valence-electron chi connectivity index (χ2n) is 4.00. The van der Waals surface area contributed by atoms with Crippen LogP contribution in [0.25, 0.3) is 0 Å². The Bertz CT molecular complexity index is 149. The zero-order valence-electron chi connectivity index (χ0n) is 10.8. The van der Waals surface area contributed by atoms with Crippen LogP contribution in [0.1, 0.15) is 39.0 Å². The smallest absolute Gasteiger partial charge is 0.165 e. The number of hydrogen-bond donors (Lipinski definition) is 0. The fraction of sp³-hybridized carbons (Fsp3) is 1.00. The SMILES string of the molecule is CCCCCC[C@H](OC)C([SiH3])(OC)OC. The lowest BCUT2D eigenvalue weighted by Gasteiger charge is -2.34. The standard InChI is InChI=1S/C11H26O3Si/c1-5-6-7-8-9-10(12-2)11(15,13-3)14-4/h10H,5-9H2,1-4,15H3/t10-/m0/s1. The summed E-state index contributed by atoms with van der Waals surface area (Å²) in [6, 6.07) is 0. The van der Waals surface area contributed by atoms with Gasteiger partial charge in [0.2, 0.25) is 0 Å². The van der Waals surface area contributed by atoms with E-state index in [1.807, 2.05) is 0 Å². The topological polar surface area (TPSA) is 27.7 Å². The van der Waals surface area contributed by atoms with E-state index in [2.05, 4.69) is 6.92 Å². The van der Waals surface area contributed by atoms with E-state index in [1.165, 1.54) is 25.7 Å². The zero-order chi connectivity index (χ0) is 11.7. The fourth-order valence-corrected chi connectivity index (χ4v) is 2.22. The summed E-state index contributed by atoms with van der Waals surface area (Å²) in [5.41, 5.74) is -0.485. The molecule has 0 heterocycles. The van der Waals surface area contributed by atoms with Crippen LogP contribution in [0.15, 0.2) is 0 Å². The Labute approximate surface area is 96.9 Å². The van der Waals surface area contributed by atoms with Gasteiger partial charge in [-0.25, -0.2) is 0 Å². The van der Waals surface area contributed by atoms with Gasteiger partial charge in [0, 0.05) is 21.3 Å². The summed E-state index contributed by atoms with van der Waals surface area (Å²) in [6.07, 6.45) is 6.09. The van der Waals surface area contributed by atoms with Crippen LogP contribution >= 0.6 is 0 Å². The molecule has 0 saturated carbocycles. The van der Waals surface area contributed by atoms with Gasteiger partial charge in [0.05, 0.1) is 10.2 Å². The summed E-state index contributed by atoms with van der Waals surface area (Å²) < 4.78 is 16.3. The van der Waals surface area contributed by atoms with Crippen LogP contribution < -0.4 is 0 Å². The van der Waals surface area contributed by atoms with Gasteiger partial charge in [-0.2, -0.15) is 0 Å². The van der Waals surface area contributed by atoms with Gasteiger partial charge in [0.25, 0.3) is 0 Å². The lowest BCUT2D eigenvalue weighted by Crippen LogP contribution is -2.47. The zero-order valence-corrected chi connectivity index (χ0v) is 12.8. The minimum absolute atomic E-state index is 0.0658. The fourth-order valence-electron chi connectivity index (χ4n) is 1.70. The summed E-state index contributed by atoms with van der Waals surface area (Å²) in [4.78, 5) is 0. The van der Waals surface area contributed by atoms with Crippen molar-refractivity contribution >= 4 is 10.2 Å². The quantitative estimate of drug-likeness (QED) is 0.342. The van der Waals surface area contributed by atoms with E-state index < -0.39 is 5.41 Å². The van der Waals surface area contributed by atoms with Gasteiger partial charge < -0.3 is 14.2 Å². The molecule has 0 bridgehead atoms. The molecule has 0 saturated heterocycles. The second-order valence-corrected chi connectivity index (χ2v) is 5.39. The molecule has 0 spiro atoms. The molecular weight excluding hydrogens is 208 g/mol. The first-order chi connectivity index (χ1) is 7.14. The van der Waals surface area contributed by atoms with Crippen LogP contribution in [0.3, 0.4) is 0 Å². The van der Waals surface area contributed by atoms with Gasteiger partial charge in [-0.15, -0.1) is 0 Å². The third kappa shape index (κ3) is 5.11. The predicted molar refractivity (Wildman–Crippen MR) is 66.2 cm³/mol. The second kappa shape index (κ2) is 8.27. The van der Waals surface area contributed by atoms with E-state index in [0.717, 1.165) is 16.7 Å². The number of hydrogen-bond acceptors (Lipinski definition) is 3. The maximum absolute atomic E-state index is 5.46. The average Bonchev–Trinajstić information content (AvgIpc) is 2.28. The van der Waals surface area contributed by atoms with Crippen molar-refractivity contribution in [3.05, 3.63) is 0 Å². The summed E-state index contributed by atoms with van der Waals surface area (Å²) in [5.74, 6) is 0.